The van der Waals surface area contributed by atoms with E-state index in [-0.39, 0.29) is 0 Å². The summed E-state index contributed by atoms with van der Waals surface area (Å²) in [4.78, 5) is 11.7. The molecule has 0 atom stereocenters. The number of carbonyl (C=O) groups excluding carboxylic acids is 1. The van der Waals surface area contributed by atoms with Gasteiger partial charge in [0.05, 0.1) is 35.5 Å². The zero-order chi connectivity index (χ0) is 19.1. The number of aldehydes is 1. The Balaban J connectivity index is 2.54. The van der Waals surface area contributed by atoms with Crippen molar-refractivity contribution >= 4 is 17.9 Å². The first-order valence-electron chi connectivity index (χ1n) is 7.81. The second-order valence-electron chi connectivity index (χ2n) is 5.25. The van der Waals surface area contributed by atoms with Crippen LogP contribution < -0.4 is 23.7 Å². The fourth-order valence-electron chi connectivity index (χ4n) is 2.57. The fraction of sp³-hybridized carbons (Fsp3) is 0.250. The van der Waals surface area contributed by atoms with Crippen LogP contribution in [0, 0.1) is 0 Å². The fourth-order valence-corrected chi connectivity index (χ4v) is 2.57. The van der Waals surface area contributed by atoms with Gasteiger partial charge < -0.3 is 23.7 Å². The van der Waals surface area contributed by atoms with Gasteiger partial charge in [0.1, 0.15) is 0 Å². The van der Waals surface area contributed by atoms with E-state index in [0.29, 0.717) is 39.9 Å². The molecule has 0 radical (unpaired) electrons. The van der Waals surface area contributed by atoms with E-state index in [2.05, 4.69) is 0 Å². The summed E-state index contributed by atoms with van der Waals surface area (Å²) in [7, 11) is 7.73. The highest BCUT2D eigenvalue weighted by atomic mass is 16.5. The molecule has 0 bridgehead atoms. The molecule has 0 fully saturated rings. The first-order chi connectivity index (χ1) is 12.6. The maximum Gasteiger partial charge on any atom is 0.203 e. The highest BCUT2D eigenvalue weighted by Gasteiger charge is 2.13. The van der Waals surface area contributed by atoms with Crippen molar-refractivity contribution in [2.24, 2.45) is 0 Å². The van der Waals surface area contributed by atoms with Gasteiger partial charge in [-0.05, 0) is 41.5 Å². The van der Waals surface area contributed by atoms with Crippen LogP contribution in [-0.2, 0) is 4.79 Å². The van der Waals surface area contributed by atoms with Crippen LogP contribution in [0.2, 0.25) is 0 Å². The van der Waals surface area contributed by atoms with Crippen molar-refractivity contribution in [1.82, 2.24) is 0 Å². The Labute approximate surface area is 152 Å². The lowest BCUT2D eigenvalue weighted by Crippen LogP contribution is -1.96. The molecule has 2 aromatic carbocycles. The Morgan fingerprint density at radius 3 is 1.77 bits per heavy atom. The van der Waals surface area contributed by atoms with Crippen molar-refractivity contribution in [2.75, 3.05) is 35.5 Å². The second kappa shape index (κ2) is 8.80. The summed E-state index contributed by atoms with van der Waals surface area (Å²) in [5, 5.41) is 0. The minimum absolute atomic E-state index is 0.472. The summed E-state index contributed by atoms with van der Waals surface area (Å²) in [6, 6.07) is 8.83. The molecule has 0 aromatic heterocycles. The molecule has 0 saturated carbocycles. The van der Waals surface area contributed by atoms with Gasteiger partial charge in [-0.3, -0.25) is 4.79 Å². The molecule has 0 unspecified atom stereocenters. The van der Waals surface area contributed by atoms with Crippen LogP contribution in [0.1, 0.15) is 11.1 Å². The number of allylic oxidation sites excluding steroid dienone is 1. The van der Waals surface area contributed by atoms with E-state index in [4.69, 9.17) is 23.7 Å². The maximum absolute atomic E-state index is 11.7. The third kappa shape index (κ3) is 3.91. The van der Waals surface area contributed by atoms with Gasteiger partial charge in [-0.1, -0.05) is 6.07 Å². The van der Waals surface area contributed by atoms with E-state index < -0.39 is 0 Å². The van der Waals surface area contributed by atoms with E-state index in [0.717, 1.165) is 11.8 Å². The highest BCUT2D eigenvalue weighted by Crippen LogP contribution is 2.39. The normalized spacial score (nSPS) is 10.9. The second-order valence-corrected chi connectivity index (χ2v) is 5.25. The SMILES string of the molecule is COc1ccc(C(C=O)=Cc2cc(OC)c(OC)c(OC)c2)cc1OC. The van der Waals surface area contributed by atoms with Crippen LogP contribution in [0.25, 0.3) is 11.6 Å². The molecular weight excluding hydrogens is 336 g/mol. The lowest BCUT2D eigenvalue weighted by Gasteiger charge is -2.13. The molecule has 0 aliphatic rings. The Kier molecular flexibility index (Phi) is 6.49. The summed E-state index contributed by atoms with van der Waals surface area (Å²) in [5.41, 5.74) is 1.91. The van der Waals surface area contributed by atoms with E-state index in [1.54, 1.807) is 64.8 Å². The van der Waals surface area contributed by atoms with E-state index in [9.17, 15) is 4.79 Å². The van der Waals surface area contributed by atoms with E-state index in [1.807, 2.05) is 0 Å². The molecule has 26 heavy (non-hydrogen) atoms. The van der Waals surface area contributed by atoms with Crippen LogP contribution in [0.5, 0.6) is 28.7 Å². The lowest BCUT2D eigenvalue weighted by molar-refractivity contribution is -0.103. The average Bonchev–Trinajstić information content (AvgIpc) is 2.70. The largest absolute Gasteiger partial charge is 0.493 e. The zero-order valence-electron chi connectivity index (χ0n) is 15.5. The van der Waals surface area contributed by atoms with Crippen molar-refractivity contribution in [2.45, 2.75) is 0 Å². The first-order valence-corrected chi connectivity index (χ1v) is 7.81. The average molecular weight is 358 g/mol. The maximum atomic E-state index is 11.7. The van der Waals surface area contributed by atoms with Gasteiger partial charge in [0, 0.05) is 5.57 Å². The lowest BCUT2D eigenvalue weighted by atomic mass is 10.0. The molecule has 0 saturated heterocycles. The molecule has 0 amide bonds. The summed E-state index contributed by atoms with van der Waals surface area (Å²) < 4.78 is 26.5. The van der Waals surface area contributed by atoms with Gasteiger partial charge in [0.25, 0.3) is 0 Å². The number of rotatable bonds is 8. The van der Waals surface area contributed by atoms with Gasteiger partial charge in [-0.25, -0.2) is 0 Å². The van der Waals surface area contributed by atoms with Gasteiger partial charge in [-0.2, -0.15) is 0 Å². The molecule has 0 spiro atoms. The molecule has 0 N–H and O–H groups in total. The van der Waals surface area contributed by atoms with Gasteiger partial charge in [0.15, 0.2) is 29.3 Å². The number of methoxy groups -OCH3 is 5. The third-order valence-electron chi connectivity index (χ3n) is 3.85. The molecule has 138 valence electrons. The Morgan fingerprint density at radius 2 is 1.31 bits per heavy atom. The zero-order valence-corrected chi connectivity index (χ0v) is 15.5. The van der Waals surface area contributed by atoms with Gasteiger partial charge in [0.2, 0.25) is 5.75 Å². The summed E-state index contributed by atoms with van der Waals surface area (Å²) >= 11 is 0. The summed E-state index contributed by atoms with van der Waals surface area (Å²) in [6.45, 7) is 0. The van der Waals surface area contributed by atoms with Crippen molar-refractivity contribution in [1.29, 1.82) is 0 Å². The van der Waals surface area contributed by atoms with Crippen LogP contribution in [0.3, 0.4) is 0 Å². The third-order valence-corrected chi connectivity index (χ3v) is 3.85. The molecule has 2 aromatic rings. The predicted molar refractivity (Wildman–Crippen MR) is 99.6 cm³/mol. The van der Waals surface area contributed by atoms with E-state index in [1.165, 1.54) is 7.11 Å². The minimum Gasteiger partial charge on any atom is -0.493 e. The number of hydrogen-bond donors (Lipinski definition) is 0. The summed E-state index contributed by atoms with van der Waals surface area (Å²) in [6.07, 6.45) is 2.52. The first kappa shape index (κ1) is 19.2. The van der Waals surface area contributed by atoms with Crippen molar-refractivity contribution in [3.63, 3.8) is 0 Å². The van der Waals surface area contributed by atoms with Gasteiger partial charge in [-0.15, -0.1) is 0 Å². The monoisotopic (exact) mass is 358 g/mol. The van der Waals surface area contributed by atoms with Crippen molar-refractivity contribution in [3.05, 3.63) is 41.5 Å². The number of carbonyl (C=O) groups is 1. The van der Waals surface area contributed by atoms with Gasteiger partial charge >= 0.3 is 0 Å². The smallest absolute Gasteiger partial charge is 0.203 e. The standard InChI is InChI=1S/C20H22O6/c1-22-16-7-6-14(11-17(16)23-2)15(12-21)8-13-9-18(24-3)20(26-5)19(10-13)25-4/h6-12H,1-5H3. The Bertz CT molecular complexity index is 785. The van der Waals surface area contributed by atoms with Crippen LogP contribution in [0.4, 0.5) is 0 Å². The van der Waals surface area contributed by atoms with E-state index >= 15 is 0 Å². The minimum atomic E-state index is 0.472. The van der Waals surface area contributed by atoms with Crippen LogP contribution in [-0.4, -0.2) is 41.8 Å². The quantitative estimate of drug-likeness (QED) is 0.409. The number of benzene rings is 2. The molecule has 6 nitrogen and oxygen atoms in total. The van der Waals surface area contributed by atoms with Crippen LogP contribution in [0.15, 0.2) is 30.3 Å². The number of ether oxygens (including phenoxy) is 5. The molecule has 0 aliphatic carbocycles. The molecule has 6 heteroatoms. The topological polar surface area (TPSA) is 63.2 Å². The molecule has 0 heterocycles. The molecule has 0 aliphatic heterocycles. The van der Waals surface area contributed by atoms with Crippen molar-refractivity contribution in [3.8, 4) is 28.7 Å². The Hall–Kier alpha value is -3.15. The Morgan fingerprint density at radius 1 is 0.731 bits per heavy atom. The predicted octanol–water partition coefficient (Wildman–Crippen LogP) is 3.47. The number of hydrogen-bond acceptors (Lipinski definition) is 6. The van der Waals surface area contributed by atoms with Crippen LogP contribution >= 0.6 is 0 Å². The molecular formula is C20H22O6. The van der Waals surface area contributed by atoms with Crippen molar-refractivity contribution < 1.29 is 28.5 Å². The summed E-state index contributed by atoms with van der Waals surface area (Å²) in [5.74, 6) is 2.65. The molecule has 2 rings (SSSR count). The highest BCUT2D eigenvalue weighted by molar-refractivity contribution is 6.13.